The van der Waals surface area contributed by atoms with Crippen LogP contribution in [0.1, 0.15) is 66.9 Å². The molecule has 0 bridgehead atoms. The number of nitrogen functional groups attached to an aromatic ring is 3. The molecule has 2 aliphatic carbocycles. The minimum absolute atomic E-state index is 0. The highest BCUT2D eigenvalue weighted by molar-refractivity contribution is 9.10. The van der Waals surface area contributed by atoms with E-state index in [4.69, 9.17) is 42.1 Å². The Morgan fingerprint density at radius 1 is 0.867 bits per heavy atom. The molecular weight excluding hydrogens is 845 g/mol. The molecule has 8 N–H and O–H groups in total. The van der Waals surface area contributed by atoms with E-state index in [2.05, 4.69) is 53.0 Å². The predicted molar refractivity (Wildman–Crippen MR) is 243 cm³/mol. The number of aromatic nitrogens is 9. The smallest absolute Gasteiger partial charge is 0.298 e. The van der Waals surface area contributed by atoms with E-state index in [1.807, 2.05) is 73.0 Å². The molecule has 2 fully saturated rings. The van der Waals surface area contributed by atoms with E-state index in [1.54, 1.807) is 11.7 Å². The molecule has 2 aliphatic rings. The molecule has 1 unspecified atom stereocenters. The number of rotatable bonds is 11. The third kappa shape index (κ3) is 10.1. The van der Waals surface area contributed by atoms with Gasteiger partial charge in [0.05, 0.1) is 43.2 Å². The number of nitrogens with zero attached hydrogens (tertiary/aromatic N) is 8. The van der Waals surface area contributed by atoms with Gasteiger partial charge in [0.25, 0.3) is 6.01 Å². The van der Waals surface area contributed by atoms with Gasteiger partial charge in [0.15, 0.2) is 46.2 Å². The van der Waals surface area contributed by atoms with Crippen molar-refractivity contribution in [3.63, 3.8) is 0 Å². The molecule has 1 atom stereocenters. The largest absolute Gasteiger partial charge is 0.577 e. The number of carbonyl (C=O) groups is 1. The Hall–Kier alpha value is -5.93. The number of hydrogen-bond acceptors (Lipinski definition) is 12. The highest BCUT2D eigenvalue weighted by Crippen LogP contribution is 2.41. The highest BCUT2D eigenvalue weighted by Gasteiger charge is 2.31. The highest BCUT2D eigenvalue weighted by atomic mass is 79.9. The SMILES string of the molecule is CC(Br)C(=O)C1CC1.COc1cc2c(N)nc(-c3nc(C4CC4)c(C)[nH]3)nc2n1Cc1ccccc1.COc1nc2c(N)nc(C(=N)N)nc2n1Cc1ccccc1.[CH3-].[PH2-]. The number of imidazole rings is 2. The second-order valence-corrected chi connectivity index (χ2v) is 15.7. The lowest BCUT2D eigenvalue weighted by Crippen LogP contribution is -2.17. The van der Waals surface area contributed by atoms with Crippen molar-refractivity contribution in [2.24, 2.45) is 11.7 Å². The summed E-state index contributed by atoms with van der Waals surface area (Å²) in [6.45, 7) is 5.08. The van der Waals surface area contributed by atoms with E-state index < -0.39 is 0 Å². The molecule has 0 saturated heterocycles. The topological polar surface area (TPSA) is 240 Å². The van der Waals surface area contributed by atoms with E-state index in [-0.39, 0.29) is 39.6 Å². The van der Waals surface area contributed by atoms with Crippen molar-refractivity contribution in [3.8, 4) is 23.5 Å². The summed E-state index contributed by atoms with van der Waals surface area (Å²) in [7, 11) is 3.18. The van der Waals surface area contributed by atoms with Gasteiger partial charge in [0, 0.05) is 23.6 Å². The van der Waals surface area contributed by atoms with E-state index in [9.17, 15) is 4.79 Å². The maximum absolute atomic E-state index is 10.9. The number of anilines is 2. The first-order valence-electron chi connectivity index (χ1n) is 18.9. The van der Waals surface area contributed by atoms with Gasteiger partial charge >= 0.3 is 0 Å². The zero-order chi connectivity index (χ0) is 41.1. The first-order chi connectivity index (χ1) is 27.9. The zero-order valence-corrected chi connectivity index (χ0v) is 37.1. The lowest BCUT2D eigenvalue weighted by molar-refractivity contribution is -0.119. The fourth-order valence-corrected chi connectivity index (χ4v) is 6.91. The van der Waals surface area contributed by atoms with Crippen LogP contribution in [0.2, 0.25) is 0 Å². The summed E-state index contributed by atoms with van der Waals surface area (Å²) in [5.41, 5.74) is 23.7. The Labute approximate surface area is 360 Å². The predicted octanol–water partition coefficient (Wildman–Crippen LogP) is 6.92. The van der Waals surface area contributed by atoms with Crippen LogP contribution in [0.3, 0.4) is 0 Å². The first kappa shape index (κ1) is 45.2. The van der Waals surface area contributed by atoms with Gasteiger partial charge in [0.1, 0.15) is 17.2 Å². The van der Waals surface area contributed by atoms with Gasteiger partial charge < -0.3 is 49.0 Å². The number of hydrogen-bond donors (Lipinski definition) is 5. The Kier molecular flexibility index (Phi) is 14.6. The van der Waals surface area contributed by atoms with Crippen molar-refractivity contribution in [1.29, 1.82) is 5.41 Å². The van der Waals surface area contributed by atoms with Crippen LogP contribution >= 0.6 is 25.8 Å². The van der Waals surface area contributed by atoms with Crippen molar-refractivity contribution in [2.45, 2.75) is 63.4 Å². The average Bonchev–Trinajstić information content (AvgIpc) is 4.15. The summed E-state index contributed by atoms with van der Waals surface area (Å²) in [5.74, 6) is 3.64. The standard InChI is InChI=1S/C21H22N6O.C14H15N7O.C6H9BrO.CH3.H2P/c1-12-17(14-8-9-14)24-19(23-12)20-25-18(22)15-10-16(28-2)27(21(15)26-20)11-13-6-4-3-5-7-13;1-22-14-18-9-11(17)19-12(10(15)16)20-13(9)21(14)7-8-5-3-2-4-6-8;1-4(7)6(8)5-2-3-5;;/h3-7,10,14H,8-9,11H2,1-2H3,(H,23,24)(H2,22,25,26);2-6H,7H2,1H3,(H3,15,16)(H2,17,19,20);4-5H,2-3H2,1H3;1H3;1H2/q;;;2*-1. The van der Waals surface area contributed by atoms with Crippen molar-refractivity contribution >= 4 is 71.3 Å². The normalized spacial score (nSPS) is 13.5. The Bertz CT molecular complexity index is 2580. The van der Waals surface area contributed by atoms with Crippen LogP contribution in [0.4, 0.5) is 11.6 Å². The number of nitrogens with two attached hydrogens (primary N) is 3. The molecule has 0 aliphatic heterocycles. The molecule has 60 heavy (non-hydrogen) atoms. The van der Waals surface area contributed by atoms with Crippen LogP contribution in [-0.2, 0) is 17.9 Å². The van der Waals surface area contributed by atoms with Crippen molar-refractivity contribution in [2.75, 3.05) is 25.7 Å². The summed E-state index contributed by atoms with van der Waals surface area (Å²) in [4.78, 5) is 40.9. The van der Waals surface area contributed by atoms with Gasteiger partial charge in [-0.15, -0.1) is 0 Å². The fourth-order valence-electron chi connectivity index (χ4n) is 6.53. The second-order valence-electron chi connectivity index (χ2n) is 14.3. The summed E-state index contributed by atoms with van der Waals surface area (Å²) >= 11 is 3.23. The summed E-state index contributed by atoms with van der Waals surface area (Å²) < 4.78 is 14.7. The van der Waals surface area contributed by atoms with Crippen LogP contribution in [0.25, 0.3) is 33.8 Å². The van der Waals surface area contributed by atoms with E-state index in [0.29, 0.717) is 71.2 Å². The van der Waals surface area contributed by atoms with Crippen LogP contribution in [0.15, 0.2) is 66.7 Å². The average molecular weight is 897 g/mol. The van der Waals surface area contributed by atoms with Crippen LogP contribution in [-0.4, -0.2) is 74.7 Å². The molecule has 316 valence electrons. The van der Waals surface area contributed by atoms with Crippen LogP contribution in [0.5, 0.6) is 11.9 Å². The number of methoxy groups -OCH3 is 2. The number of alkyl halides is 1. The van der Waals surface area contributed by atoms with E-state index >= 15 is 0 Å². The number of fused-ring (bicyclic) bond motifs is 2. The van der Waals surface area contributed by atoms with Gasteiger partial charge in [-0.3, -0.25) is 19.3 Å². The number of Topliss-reactive ketones (excluding diaryl/α,β-unsaturated/α-hetero) is 1. The molecule has 0 amide bonds. The summed E-state index contributed by atoms with van der Waals surface area (Å²) in [6, 6.07) is 22.3. The lowest BCUT2D eigenvalue weighted by atomic mass is 10.2. The number of carbonyl (C=O) groups excluding carboxylic acids is 1. The first-order valence-corrected chi connectivity index (χ1v) is 19.8. The Morgan fingerprint density at radius 3 is 2.00 bits per heavy atom. The number of halogens is 1. The number of ketones is 1. The van der Waals surface area contributed by atoms with Gasteiger partial charge in [-0.25, -0.2) is 24.9 Å². The maximum atomic E-state index is 10.9. The van der Waals surface area contributed by atoms with Crippen molar-refractivity contribution in [3.05, 3.63) is 102 Å². The molecule has 7 aromatic rings. The van der Waals surface area contributed by atoms with Gasteiger partial charge in [0.2, 0.25) is 0 Å². The molecule has 9 rings (SSSR count). The monoisotopic (exact) mass is 895 g/mol. The fraction of sp³-hybridized carbons (Fsp3) is 0.310. The summed E-state index contributed by atoms with van der Waals surface area (Å²) in [5, 5.41) is 8.27. The van der Waals surface area contributed by atoms with Crippen molar-refractivity contribution < 1.29 is 14.3 Å². The van der Waals surface area contributed by atoms with E-state index in [0.717, 1.165) is 46.4 Å². The molecule has 5 aromatic heterocycles. The van der Waals surface area contributed by atoms with E-state index in [1.165, 1.54) is 20.0 Å². The number of ether oxygens (including phenoxy) is 2. The third-order valence-electron chi connectivity index (χ3n) is 9.80. The molecule has 0 radical (unpaired) electrons. The second kappa shape index (κ2) is 19.4. The number of amidine groups is 1. The molecule has 0 spiro atoms. The molecular formula is C42H51BrN13O3P-2. The molecule has 2 aromatic carbocycles. The Balaban J connectivity index is 0.000000190. The number of aromatic amines is 1. The number of nitrogens with one attached hydrogen (secondary N) is 2. The lowest BCUT2D eigenvalue weighted by Gasteiger charge is -2.09. The summed E-state index contributed by atoms with van der Waals surface area (Å²) in [6.07, 6.45) is 4.64. The van der Waals surface area contributed by atoms with Crippen LogP contribution in [0, 0.1) is 25.7 Å². The van der Waals surface area contributed by atoms with Gasteiger partial charge in [-0.1, -0.05) is 76.6 Å². The number of benzene rings is 2. The van der Waals surface area contributed by atoms with Crippen molar-refractivity contribution in [1.82, 2.24) is 44.0 Å². The Morgan fingerprint density at radius 2 is 1.48 bits per heavy atom. The quantitative estimate of drug-likeness (QED) is 0.0292. The molecule has 5 heterocycles. The number of aryl methyl sites for hydroxylation is 1. The zero-order valence-electron chi connectivity index (χ0n) is 34.3. The minimum Gasteiger partial charge on any atom is -0.577 e. The van der Waals surface area contributed by atoms with Gasteiger partial charge in [-0.05, 0) is 50.7 Å². The molecule has 16 nitrogen and oxygen atoms in total. The minimum atomic E-state index is -0.250. The molecule has 2 saturated carbocycles. The number of H-pyrrole nitrogens is 1. The van der Waals surface area contributed by atoms with Gasteiger partial charge in [-0.2, -0.15) is 4.98 Å². The maximum Gasteiger partial charge on any atom is 0.298 e. The molecule has 18 heteroatoms. The third-order valence-corrected chi connectivity index (χ3v) is 10.3. The van der Waals surface area contributed by atoms with Crippen LogP contribution < -0.4 is 26.7 Å².